The molecule has 6 aromatic heterocycles. The van der Waals surface area contributed by atoms with Gasteiger partial charge in [-0.05, 0) is 127 Å². The quantitative estimate of drug-likeness (QED) is 0.102. The average Bonchev–Trinajstić information content (AvgIpc) is 1.51. The predicted octanol–water partition coefficient (Wildman–Crippen LogP) is 18.8. The fraction of sp³-hybridized carbons (Fsp3) is 0.0233. The summed E-state index contributed by atoms with van der Waals surface area (Å²) in [4.78, 5) is 18.6. The molecular formula is C86H52BClN6O2. The van der Waals surface area contributed by atoms with Crippen LogP contribution >= 0.6 is 11.6 Å². The van der Waals surface area contributed by atoms with Gasteiger partial charge in [-0.3, -0.25) is 9.97 Å². The zero-order valence-corrected chi connectivity index (χ0v) is 52.2. The molecule has 0 atom stereocenters. The summed E-state index contributed by atoms with van der Waals surface area (Å²) in [5, 5.41) is 30.0. The molecule has 8 heterocycles. The van der Waals surface area contributed by atoms with Crippen molar-refractivity contribution in [2.45, 2.75) is 10.8 Å². The van der Waals surface area contributed by atoms with E-state index in [0.29, 0.717) is 10.6 Å². The largest absolute Gasteiger partial charge is 0.488 e. The number of para-hydroxylation sites is 4. The first-order valence-electron chi connectivity index (χ1n) is 32.4. The van der Waals surface area contributed by atoms with Gasteiger partial charge in [-0.15, -0.1) is 0 Å². The van der Waals surface area contributed by atoms with Crippen LogP contribution in [0.2, 0.25) is 5.15 Å². The molecule has 96 heavy (non-hydrogen) atoms. The molecule has 2 N–H and O–H groups in total. The number of rotatable bonds is 2. The molecule has 10 heteroatoms. The van der Waals surface area contributed by atoms with E-state index < -0.39 is 17.9 Å². The number of pyridine rings is 4. The van der Waals surface area contributed by atoms with Crippen molar-refractivity contribution in [1.82, 2.24) is 29.1 Å². The van der Waals surface area contributed by atoms with E-state index in [1.54, 1.807) is 12.3 Å². The van der Waals surface area contributed by atoms with Gasteiger partial charge in [0.15, 0.2) is 0 Å². The Bertz CT molecular complexity index is 6300. The number of benzene rings is 12. The maximum absolute atomic E-state index is 10.1. The summed E-state index contributed by atoms with van der Waals surface area (Å²) in [6.45, 7) is 0. The van der Waals surface area contributed by atoms with Crippen LogP contribution in [0.4, 0.5) is 0 Å². The van der Waals surface area contributed by atoms with Crippen LogP contribution < -0.4 is 5.46 Å². The smallest absolute Gasteiger partial charge is 0.423 e. The molecule has 18 aromatic rings. The zero-order valence-electron chi connectivity index (χ0n) is 51.4. The first-order valence-corrected chi connectivity index (χ1v) is 32.8. The second-order valence-electron chi connectivity index (χ2n) is 25.4. The lowest BCUT2D eigenvalue weighted by Gasteiger charge is -2.39. The SMILES string of the molecule is Clc1ccc2ccc3cccnc3c2n1.OB(O)c1ccc2c(c1)-n1c3ccccc3c3cccc(c31)C21c2ccccc2-c2ccccc21.c1ccc2c(c1)-c1ccccc1C21c2ccc(-c3ccc4ccc5cccnc5c4n3)cc2-n2c3ccccc3c3cccc1c32. The molecule has 0 amide bonds. The fourth-order valence-electron chi connectivity index (χ4n) is 17.1. The number of nitrogens with zero attached hydrogens (tertiary/aromatic N) is 6. The summed E-state index contributed by atoms with van der Waals surface area (Å²) in [6, 6.07) is 104. The van der Waals surface area contributed by atoms with Gasteiger partial charge in [0.05, 0.1) is 72.0 Å². The highest BCUT2D eigenvalue weighted by atomic mass is 35.5. The molecule has 0 fully saturated rings. The molecule has 22 rings (SSSR count). The molecule has 448 valence electrons. The Morgan fingerprint density at radius 2 is 0.729 bits per heavy atom. The Morgan fingerprint density at radius 1 is 0.323 bits per heavy atom. The van der Waals surface area contributed by atoms with Crippen LogP contribution in [0.1, 0.15) is 44.5 Å². The minimum absolute atomic E-state index is 0.443. The van der Waals surface area contributed by atoms with Gasteiger partial charge in [0, 0.05) is 61.0 Å². The van der Waals surface area contributed by atoms with Crippen LogP contribution in [0.25, 0.3) is 132 Å². The van der Waals surface area contributed by atoms with Gasteiger partial charge in [-0.2, -0.15) is 0 Å². The van der Waals surface area contributed by atoms with Gasteiger partial charge in [-0.1, -0.05) is 248 Å². The Labute approximate surface area is 556 Å². The van der Waals surface area contributed by atoms with Crippen LogP contribution in [0.5, 0.6) is 0 Å². The van der Waals surface area contributed by atoms with E-state index in [-0.39, 0.29) is 0 Å². The van der Waals surface area contributed by atoms with Gasteiger partial charge in [0.2, 0.25) is 0 Å². The van der Waals surface area contributed by atoms with Crippen molar-refractivity contribution >= 4 is 111 Å². The summed E-state index contributed by atoms with van der Waals surface area (Å²) in [5.74, 6) is 0. The molecule has 2 aliphatic carbocycles. The van der Waals surface area contributed by atoms with Gasteiger partial charge < -0.3 is 19.2 Å². The lowest BCUT2D eigenvalue weighted by atomic mass is 9.64. The summed E-state index contributed by atoms with van der Waals surface area (Å²) >= 11 is 5.88. The molecule has 4 aliphatic rings. The second-order valence-corrected chi connectivity index (χ2v) is 25.8. The summed E-state index contributed by atoms with van der Waals surface area (Å²) < 4.78 is 4.82. The maximum atomic E-state index is 10.1. The Hall–Kier alpha value is -11.8. The number of hydrogen-bond donors (Lipinski definition) is 2. The molecule has 0 saturated heterocycles. The first-order chi connectivity index (χ1) is 47.4. The van der Waals surface area contributed by atoms with Crippen LogP contribution in [0.3, 0.4) is 0 Å². The van der Waals surface area contributed by atoms with Crippen molar-refractivity contribution in [3.8, 4) is 44.9 Å². The topological polar surface area (TPSA) is 102 Å². The van der Waals surface area contributed by atoms with E-state index >= 15 is 0 Å². The highest BCUT2D eigenvalue weighted by Crippen LogP contribution is 2.63. The summed E-state index contributed by atoms with van der Waals surface area (Å²) in [5.41, 5.74) is 27.6. The molecule has 8 nitrogen and oxygen atoms in total. The fourth-order valence-corrected chi connectivity index (χ4v) is 17.2. The molecule has 0 radical (unpaired) electrons. The van der Waals surface area contributed by atoms with Crippen molar-refractivity contribution in [2.24, 2.45) is 0 Å². The number of halogens is 1. The van der Waals surface area contributed by atoms with Crippen LogP contribution in [0.15, 0.2) is 304 Å². The van der Waals surface area contributed by atoms with Gasteiger partial charge in [0.1, 0.15) is 5.15 Å². The maximum Gasteiger partial charge on any atom is 0.488 e. The second kappa shape index (κ2) is 20.6. The molecule has 0 unspecified atom stereocenters. The van der Waals surface area contributed by atoms with Gasteiger partial charge in [-0.25, -0.2) is 9.97 Å². The third-order valence-electron chi connectivity index (χ3n) is 20.8. The minimum atomic E-state index is -1.53. The summed E-state index contributed by atoms with van der Waals surface area (Å²) in [6.07, 6.45) is 3.62. The average molecular weight is 1250 g/mol. The summed E-state index contributed by atoms with van der Waals surface area (Å²) in [7, 11) is -1.53. The van der Waals surface area contributed by atoms with Crippen molar-refractivity contribution in [3.63, 3.8) is 0 Å². The minimum Gasteiger partial charge on any atom is -0.423 e. The molecule has 0 saturated carbocycles. The molecule has 2 aliphatic heterocycles. The van der Waals surface area contributed by atoms with E-state index in [4.69, 9.17) is 21.6 Å². The van der Waals surface area contributed by atoms with Crippen LogP contribution in [-0.2, 0) is 10.8 Å². The first kappa shape index (κ1) is 54.7. The van der Waals surface area contributed by atoms with Crippen molar-refractivity contribution in [2.75, 3.05) is 0 Å². The van der Waals surface area contributed by atoms with E-state index in [1.807, 2.05) is 54.7 Å². The van der Waals surface area contributed by atoms with E-state index in [2.05, 4.69) is 256 Å². The highest BCUT2D eigenvalue weighted by Gasteiger charge is 2.52. The zero-order chi connectivity index (χ0) is 63.5. The molecule has 0 bridgehead atoms. The Kier molecular flexibility index (Phi) is 11.7. The molecular weight excluding hydrogens is 1200 g/mol. The lowest BCUT2D eigenvalue weighted by molar-refractivity contribution is 0.425. The van der Waals surface area contributed by atoms with E-state index in [0.717, 1.165) is 71.6 Å². The third kappa shape index (κ3) is 7.41. The van der Waals surface area contributed by atoms with Crippen LogP contribution in [0, 0.1) is 0 Å². The number of fused-ring (bicyclic) bond motifs is 30. The predicted molar refractivity (Wildman–Crippen MR) is 391 cm³/mol. The Morgan fingerprint density at radius 3 is 1.24 bits per heavy atom. The highest BCUT2D eigenvalue weighted by molar-refractivity contribution is 6.58. The normalized spacial score (nSPS) is 13.5. The van der Waals surface area contributed by atoms with E-state index in [9.17, 15) is 10.0 Å². The van der Waals surface area contributed by atoms with Gasteiger partial charge >= 0.3 is 7.12 Å². The van der Waals surface area contributed by atoms with E-state index in [1.165, 1.54) is 105 Å². The molecule has 12 aromatic carbocycles. The van der Waals surface area contributed by atoms with Gasteiger partial charge in [0.25, 0.3) is 0 Å². The standard InChI is InChI=1S/C43H25N3.C31H20BNO2.C12H7ClN2/c1-4-14-33-29(10-1)30-11-2-5-15-34(30)43(33)35-22-20-28(37-23-21-27-19-18-26-9-8-24-44-40(26)41(27)45-37)25-39(35)46-38-17-6-3-12-31(38)32-13-7-16-36(43)42(32)46;34-32(35)19-16-17-26-29(18-19)33-28-15-6-3-10-22(28)23-11-7-14-27(30(23)33)31(26)24-12-4-1-8-20(24)21-9-2-5-13-25(21)31;13-10-6-5-9-4-3-8-2-1-7-14-11(8)12(9)15-10/h1-25H;1-18,34-35H;1-7H. The monoisotopic (exact) mass is 1250 g/mol. The van der Waals surface area contributed by atoms with Crippen molar-refractivity contribution < 1.29 is 10.0 Å². The number of hydrogen-bond acceptors (Lipinski definition) is 6. The van der Waals surface area contributed by atoms with Crippen molar-refractivity contribution in [1.29, 1.82) is 0 Å². The van der Waals surface area contributed by atoms with Crippen molar-refractivity contribution in [3.05, 3.63) is 353 Å². The number of aromatic nitrogens is 6. The third-order valence-corrected chi connectivity index (χ3v) is 21.0. The Balaban J connectivity index is 0.000000111. The molecule has 2 spiro atoms. The van der Waals surface area contributed by atoms with Crippen LogP contribution in [-0.4, -0.2) is 46.2 Å². The lowest BCUT2D eigenvalue weighted by Crippen LogP contribution is -2.36.